The van der Waals surface area contributed by atoms with Gasteiger partial charge in [0.2, 0.25) is 10.0 Å². The molecule has 2 rings (SSSR count). The summed E-state index contributed by atoms with van der Waals surface area (Å²) in [5.41, 5.74) is 0.204. The van der Waals surface area contributed by atoms with Gasteiger partial charge in [0.15, 0.2) is 0 Å². The van der Waals surface area contributed by atoms with E-state index in [1.807, 2.05) is 6.92 Å². The van der Waals surface area contributed by atoms with Crippen LogP contribution in [0.5, 0.6) is 0 Å². The fraction of sp³-hybridized carbons (Fsp3) is 0.556. The van der Waals surface area contributed by atoms with Crippen molar-refractivity contribution >= 4 is 21.9 Å². The van der Waals surface area contributed by atoms with Gasteiger partial charge in [0.05, 0.1) is 11.0 Å². The Kier molecular flexibility index (Phi) is 7.76. The van der Waals surface area contributed by atoms with Gasteiger partial charge in [-0.25, -0.2) is 17.9 Å². The highest BCUT2D eigenvalue weighted by atomic mass is 32.2. The van der Waals surface area contributed by atoms with E-state index in [0.717, 1.165) is 19.3 Å². The summed E-state index contributed by atoms with van der Waals surface area (Å²) >= 11 is 0. The topological polar surface area (TPSA) is 122 Å². The van der Waals surface area contributed by atoms with E-state index in [2.05, 4.69) is 10.0 Å². The zero-order chi connectivity index (χ0) is 19.9. The molecule has 2 atom stereocenters. The van der Waals surface area contributed by atoms with E-state index < -0.39 is 27.9 Å². The van der Waals surface area contributed by atoms with E-state index in [1.54, 1.807) is 0 Å². The Morgan fingerprint density at radius 1 is 1.30 bits per heavy atom. The lowest BCUT2D eigenvalue weighted by atomic mass is 10.1. The predicted octanol–water partition coefficient (Wildman–Crippen LogP) is 1.52. The number of rotatable bonds is 10. The van der Waals surface area contributed by atoms with Gasteiger partial charge in [-0.05, 0) is 43.5 Å². The third-order valence-corrected chi connectivity index (χ3v) is 5.84. The van der Waals surface area contributed by atoms with E-state index in [4.69, 9.17) is 4.74 Å². The second kappa shape index (κ2) is 9.82. The standard InChI is InChI=1S/C18H26N2O6S/c1-2-3-6-16(18(22)23)20-17(21)13-7-9-15(10-8-13)27(24,25)19-12-14-5-4-11-26-14/h7-10,14,16,19H,2-6,11-12H2,1H3,(H,20,21)(H,22,23). The molecule has 1 aliphatic heterocycles. The van der Waals surface area contributed by atoms with Gasteiger partial charge in [0.1, 0.15) is 6.04 Å². The van der Waals surface area contributed by atoms with Crippen LogP contribution >= 0.6 is 0 Å². The van der Waals surface area contributed by atoms with Crippen LogP contribution in [-0.4, -0.2) is 50.7 Å². The molecule has 0 radical (unpaired) electrons. The number of ether oxygens (including phenoxy) is 1. The minimum atomic E-state index is -3.69. The molecule has 0 aromatic heterocycles. The van der Waals surface area contributed by atoms with E-state index in [0.29, 0.717) is 19.4 Å². The van der Waals surface area contributed by atoms with Crippen LogP contribution in [0.25, 0.3) is 0 Å². The Bertz CT molecular complexity index is 742. The maximum absolute atomic E-state index is 12.3. The van der Waals surface area contributed by atoms with Crippen molar-refractivity contribution in [3.05, 3.63) is 29.8 Å². The number of unbranched alkanes of at least 4 members (excludes halogenated alkanes) is 1. The fourth-order valence-corrected chi connectivity index (χ4v) is 3.85. The molecule has 1 aromatic rings. The lowest BCUT2D eigenvalue weighted by molar-refractivity contribution is -0.139. The van der Waals surface area contributed by atoms with Crippen LogP contribution in [0.2, 0.25) is 0 Å². The molecule has 8 nitrogen and oxygen atoms in total. The number of carbonyl (C=O) groups is 2. The Labute approximate surface area is 159 Å². The van der Waals surface area contributed by atoms with Crippen LogP contribution in [-0.2, 0) is 19.6 Å². The number of benzene rings is 1. The van der Waals surface area contributed by atoms with Crippen molar-refractivity contribution in [2.24, 2.45) is 0 Å². The van der Waals surface area contributed by atoms with E-state index in [1.165, 1.54) is 24.3 Å². The summed E-state index contributed by atoms with van der Waals surface area (Å²) in [5.74, 6) is -1.64. The number of sulfonamides is 1. The number of hydrogen-bond donors (Lipinski definition) is 3. The second-order valence-electron chi connectivity index (χ2n) is 6.52. The molecule has 27 heavy (non-hydrogen) atoms. The normalized spacial score (nSPS) is 18.2. The number of carboxylic acid groups (broad SMARTS) is 1. The molecular weight excluding hydrogens is 372 g/mol. The Hall–Kier alpha value is -1.97. The molecule has 1 aliphatic rings. The number of hydrogen-bond acceptors (Lipinski definition) is 5. The maximum atomic E-state index is 12.3. The van der Waals surface area contributed by atoms with Crippen LogP contribution in [0.3, 0.4) is 0 Å². The number of aliphatic carboxylic acids is 1. The van der Waals surface area contributed by atoms with Gasteiger partial charge in [-0.15, -0.1) is 0 Å². The zero-order valence-corrected chi connectivity index (χ0v) is 16.1. The van der Waals surface area contributed by atoms with Crippen LogP contribution in [0.15, 0.2) is 29.2 Å². The first kappa shape index (κ1) is 21.3. The summed E-state index contributed by atoms with van der Waals surface area (Å²) < 4.78 is 32.5. The Morgan fingerprint density at radius 3 is 2.56 bits per heavy atom. The molecule has 9 heteroatoms. The second-order valence-corrected chi connectivity index (χ2v) is 8.28. The summed E-state index contributed by atoms with van der Waals surface area (Å²) in [4.78, 5) is 23.5. The van der Waals surface area contributed by atoms with Crippen molar-refractivity contribution in [2.75, 3.05) is 13.2 Å². The number of carbonyl (C=O) groups excluding carboxylic acids is 1. The minimum absolute atomic E-state index is 0.0396. The minimum Gasteiger partial charge on any atom is -0.480 e. The van der Waals surface area contributed by atoms with E-state index in [-0.39, 0.29) is 23.1 Å². The summed E-state index contributed by atoms with van der Waals surface area (Å²) in [6, 6.07) is 4.43. The highest BCUT2D eigenvalue weighted by Crippen LogP contribution is 2.14. The highest BCUT2D eigenvalue weighted by Gasteiger charge is 2.22. The Morgan fingerprint density at radius 2 is 2.00 bits per heavy atom. The molecule has 0 saturated carbocycles. The molecule has 1 amide bonds. The van der Waals surface area contributed by atoms with Crippen molar-refractivity contribution in [1.82, 2.24) is 10.0 Å². The zero-order valence-electron chi connectivity index (χ0n) is 15.3. The molecule has 1 heterocycles. The highest BCUT2D eigenvalue weighted by molar-refractivity contribution is 7.89. The van der Waals surface area contributed by atoms with Crippen molar-refractivity contribution in [3.8, 4) is 0 Å². The van der Waals surface area contributed by atoms with Crippen molar-refractivity contribution in [2.45, 2.75) is 56.1 Å². The molecule has 2 unspecified atom stereocenters. The lowest BCUT2D eigenvalue weighted by Crippen LogP contribution is -2.40. The molecule has 150 valence electrons. The van der Waals surface area contributed by atoms with Crippen LogP contribution in [0, 0.1) is 0 Å². The summed E-state index contributed by atoms with van der Waals surface area (Å²) in [6.45, 7) is 2.79. The Balaban J connectivity index is 1.98. The monoisotopic (exact) mass is 398 g/mol. The van der Waals surface area contributed by atoms with Crippen molar-refractivity contribution in [3.63, 3.8) is 0 Å². The fourth-order valence-electron chi connectivity index (χ4n) is 2.78. The van der Waals surface area contributed by atoms with Crippen LogP contribution < -0.4 is 10.0 Å². The van der Waals surface area contributed by atoms with Crippen molar-refractivity contribution < 1.29 is 27.9 Å². The average molecular weight is 398 g/mol. The molecule has 0 bridgehead atoms. The van der Waals surface area contributed by atoms with Crippen molar-refractivity contribution in [1.29, 1.82) is 0 Å². The van der Waals surface area contributed by atoms with Gasteiger partial charge >= 0.3 is 5.97 Å². The quantitative estimate of drug-likeness (QED) is 0.549. The average Bonchev–Trinajstić information content (AvgIpc) is 3.17. The maximum Gasteiger partial charge on any atom is 0.326 e. The molecule has 1 fully saturated rings. The van der Waals surface area contributed by atoms with Gasteiger partial charge in [0.25, 0.3) is 5.91 Å². The van der Waals surface area contributed by atoms with Crippen LogP contribution in [0.4, 0.5) is 0 Å². The first-order valence-electron chi connectivity index (χ1n) is 9.08. The number of nitrogens with one attached hydrogen (secondary N) is 2. The predicted molar refractivity (Wildman–Crippen MR) is 99.0 cm³/mol. The van der Waals surface area contributed by atoms with Crippen LogP contribution in [0.1, 0.15) is 49.4 Å². The van der Waals surface area contributed by atoms with E-state index in [9.17, 15) is 23.1 Å². The molecule has 1 aromatic carbocycles. The molecular formula is C18H26N2O6S. The molecule has 0 spiro atoms. The first-order valence-corrected chi connectivity index (χ1v) is 10.6. The molecule has 1 saturated heterocycles. The lowest BCUT2D eigenvalue weighted by Gasteiger charge is -2.14. The number of amides is 1. The summed E-state index contributed by atoms with van der Waals surface area (Å²) in [6.07, 6.45) is 3.49. The largest absolute Gasteiger partial charge is 0.480 e. The SMILES string of the molecule is CCCCC(NC(=O)c1ccc(S(=O)(=O)NCC2CCCO2)cc1)C(=O)O. The summed E-state index contributed by atoms with van der Waals surface area (Å²) in [5, 5.41) is 11.7. The van der Waals surface area contributed by atoms with Gasteiger partial charge in [-0.1, -0.05) is 19.8 Å². The van der Waals surface area contributed by atoms with E-state index >= 15 is 0 Å². The first-order chi connectivity index (χ1) is 12.8. The summed E-state index contributed by atoms with van der Waals surface area (Å²) in [7, 11) is -3.69. The van der Waals surface area contributed by atoms with Gasteiger partial charge in [-0.2, -0.15) is 0 Å². The van der Waals surface area contributed by atoms with Gasteiger partial charge < -0.3 is 15.2 Å². The van der Waals surface area contributed by atoms with Gasteiger partial charge in [0, 0.05) is 18.7 Å². The third kappa shape index (κ3) is 6.30. The van der Waals surface area contributed by atoms with Gasteiger partial charge in [-0.3, -0.25) is 4.79 Å². The molecule has 3 N–H and O–H groups in total. The third-order valence-electron chi connectivity index (χ3n) is 4.40. The smallest absolute Gasteiger partial charge is 0.326 e. The molecule has 0 aliphatic carbocycles. The number of carboxylic acids is 1.